The summed E-state index contributed by atoms with van der Waals surface area (Å²) in [5, 5.41) is 6.35. The van der Waals surface area contributed by atoms with Crippen molar-refractivity contribution in [1.82, 2.24) is 4.98 Å². The molecular formula is C23H16N2O5S. The maximum atomic E-state index is 12.6. The average Bonchev–Trinajstić information content (AvgIpc) is 3.40. The van der Waals surface area contributed by atoms with Gasteiger partial charge in [0.05, 0.1) is 6.61 Å². The van der Waals surface area contributed by atoms with Crippen molar-refractivity contribution in [1.29, 1.82) is 0 Å². The van der Waals surface area contributed by atoms with Crippen molar-refractivity contribution < 1.29 is 18.4 Å². The van der Waals surface area contributed by atoms with E-state index in [0.29, 0.717) is 39.7 Å². The third-order valence-corrected chi connectivity index (χ3v) is 5.42. The highest BCUT2D eigenvalue weighted by Crippen LogP contribution is 2.32. The minimum Gasteiger partial charge on any atom is -0.494 e. The van der Waals surface area contributed by atoms with Crippen LogP contribution in [0.5, 0.6) is 5.75 Å². The fourth-order valence-corrected chi connectivity index (χ4v) is 3.93. The van der Waals surface area contributed by atoms with Crippen LogP contribution in [0.4, 0.5) is 5.13 Å². The van der Waals surface area contributed by atoms with Crippen LogP contribution in [-0.2, 0) is 0 Å². The van der Waals surface area contributed by atoms with Crippen LogP contribution in [0.15, 0.2) is 73.6 Å². The summed E-state index contributed by atoms with van der Waals surface area (Å²) in [5.41, 5.74) is 0.946. The number of nitrogens with zero attached hydrogens (tertiary/aromatic N) is 1. The maximum Gasteiger partial charge on any atom is 0.349 e. The number of amides is 1. The number of aromatic nitrogens is 1. The Morgan fingerprint density at radius 1 is 1.06 bits per heavy atom. The van der Waals surface area contributed by atoms with Gasteiger partial charge in [-0.05, 0) is 43.3 Å². The number of anilines is 1. The number of ether oxygens (including phenoxy) is 1. The van der Waals surface area contributed by atoms with Crippen LogP contribution >= 0.6 is 11.3 Å². The van der Waals surface area contributed by atoms with E-state index in [4.69, 9.17) is 13.6 Å². The SMILES string of the molecule is CCOc1ccc2oc(-c3csc(NC(=O)c4cc5ccccc5oc4=O)n3)cc2c1. The number of furan rings is 1. The Labute approximate surface area is 179 Å². The molecule has 8 heteroatoms. The molecule has 0 spiro atoms. The molecule has 0 unspecified atom stereocenters. The van der Waals surface area contributed by atoms with E-state index < -0.39 is 11.5 Å². The zero-order valence-corrected chi connectivity index (χ0v) is 17.2. The van der Waals surface area contributed by atoms with Crippen LogP contribution < -0.4 is 15.7 Å². The van der Waals surface area contributed by atoms with Crippen molar-refractivity contribution in [2.45, 2.75) is 6.92 Å². The smallest absolute Gasteiger partial charge is 0.349 e. The lowest BCUT2D eigenvalue weighted by Crippen LogP contribution is -2.20. The molecule has 31 heavy (non-hydrogen) atoms. The van der Waals surface area contributed by atoms with Crippen molar-refractivity contribution in [3.8, 4) is 17.2 Å². The molecule has 0 bridgehead atoms. The molecule has 0 saturated heterocycles. The summed E-state index contributed by atoms with van der Waals surface area (Å²) in [6, 6.07) is 16.0. The Morgan fingerprint density at radius 2 is 1.90 bits per heavy atom. The fourth-order valence-electron chi connectivity index (χ4n) is 3.23. The van der Waals surface area contributed by atoms with Crippen LogP contribution in [0.2, 0.25) is 0 Å². The van der Waals surface area contributed by atoms with Crippen LogP contribution in [0.25, 0.3) is 33.4 Å². The zero-order valence-electron chi connectivity index (χ0n) is 16.4. The standard InChI is InChI=1S/C23H16N2O5S/c1-2-28-15-7-8-19-14(9-15)11-20(29-19)17-12-31-23(24-17)25-21(26)16-10-13-5-3-4-6-18(13)30-22(16)27/h3-12H,2H2,1H3,(H,24,25,26). The Kier molecular flexibility index (Phi) is 4.76. The van der Waals surface area contributed by atoms with Gasteiger partial charge in [-0.3, -0.25) is 10.1 Å². The summed E-state index contributed by atoms with van der Waals surface area (Å²) < 4.78 is 16.6. The highest BCUT2D eigenvalue weighted by Gasteiger charge is 2.17. The molecule has 2 aromatic carbocycles. The molecule has 0 aliphatic heterocycles. The lowest BCUT2D eigenvalue weighted by Gasteiger charge is -2.02. The average molecular weight is 432 g/mol. The number of fused-ring (bicyclic) bond motifs is 2. The number of benzene rings is 2. The number of hydrogen-bond donors (Lipinski definition) is 1. The van der Waals surface area contributed by atoms with Crippen molar-refractivity contribution in [2.75, 3.05) is 11.9 Å². The molecule has 0 aliphatic rings. The molecule has 0 atom stereocenters. The first kappa shape index (κ1) is 19.1. The summed E-state index contributed by atoms with van der Waals surface area (Å²) in [6.07, 6.45) is 0. The second-order valence-corrected chi connectivity index (χ2v) is 7.58. The number of para-hydroxylation sites is 1. The number of rotatable bonds is 5. The third kappa shape index (κ3) is 3.69. The van der Waals surface area contributed by atoms with Crippen molar-refractivity contribution in [2.24, 2.45) is 0 Å². The van der Waals surface area contributed by atoms with Gasteiger partial charge in [-0.1, -0.05) is 18.2 Å². The third-order valence-electron chi connectivity index (χ3n) is 4.66. The van der Waals surface area contributed by atoms with Gasteiger partial charge in [-0.25, -0.2) is 9.78 Å². The Hall–Kier alpha value is -3.91. The van der Waals surface area contributed by atoms with E-state index >= 15 is 0 Å². The molecular weight excluding hydrogens is 416 g/mol. The van der Waals surface area contributed by atoms with Crippen molar-refractivity contribution >= 4 is 44.3 Å². The summed E-state index contributed by atoms with van der Waals surface area (Å²) in [7, 11) is 0. The molecule has 5 rings (SSSR count). The first-order chi connectivity index (χ1) is 15.1. The molecule has 3 aromatic heterocycles. The van der Waals surface area contributed by atoms with Crippen molar-refractivity contribution in [3.63, 3.8) is 0 Å². The molecule has 7 nitrogen and oxygen atoms in total. The monoisotopic (exact) mass is 432 g/mol. The van der Waals surface area contributed by atoms with Crippen LogP contribution in [0, 0.1) is 0 Å². The predicted octanol–water partition coefficient (Wildman–Crippen LogP) is 5.31. The second kappa shape index (κ2) is 7.73. The lowest BCUT2D eigenvalue weighted by molar-refractivity contribution is 0.102. The Morgan fingerprint density at radius 3 is 2.77 bits per heavy atom. The maximum absolute atomic E-state index is 12.6. The summed E-state index contributed by atoms with van der Waals surface area (Å²) >= 11 is 1.24. The number of hydrogen-bond acceptors (Lipinski definition) is 7. The molecule has 0 aliphatic carbocycles. The predicted molar refractivity (Wildman–Crippen MR) is 119 cm³/mol. The van der Waals surface area contributed by atoms with E-state index in [9.17, 15) is 9.59 Å². The quantitative estimate of drug-likeness (QED) is 0.378. The topological polar surface area (TPSA) is 94.6 Å². The van der Waals surface area contributed by atoms with E-state index in [2.05, 4.69) is 10.3 Å². The van der Waals surface area contributed by atoms with E-state index in [-0.39, 0.29) is 5.56 Å². The molecule has 0 fully saturated rings. The Bertz CT molecular complexity index is 1480. The minimum atomic E-state index is -0.699. The van der Waals surface area contributed by atoms with Gasteiger partial charge in [0.25, 0.3) is 5.91 Å². The lowest BCUT2D eigenvalue weighted by atomic mass is 10.2. The van der Waals surface area contributed by atoms with E-state index in [0.717, 1.165) is 11.1 Å². The van der Waals surface area contributed by atoms with E-state index in [1.807, 2.05) is 37.3 Å². The normalized spacial score (nSPS) is 11.1. The fraction of sp³-hybridized carbons (Fsp3) is 0.0870. The van der Waals surface area contributed by atoms with Gasteiger partial charge in [-0.2, -0.15) is 0 Å². The molecule has 5 aromatic rings. The van der Waals surface area contributed by atoms with Gasteiger partial charge in [0, 0.05) is 16.2 Å². The van der Waals surface area contributed by atoms with Gasteiger partial charge in [0.15, 0.2) is 10.9 Å². The summed E-state index contributed by atoms with van der Waals surface area (Å²) in [5.74, 6) is 0.764. The van der Waals surface area contributed by atoms with Gasteiger partial charge >= 0.3 is 5.63 Å². The number of thiazole rings is 1. The van der Waals surface area contributed by atoms with Gasteiger partial charge < -0.3 is 13.6 Å². The molecule has 0 saturated carbocycles. The van der Waals surface area contributed by atoms with Crippen LogP contribution in [-0.4, -0.2) is 17.5 Å². The molecule has 154 valence electrons. The van der Waals surface area contributed by atoms with Gasteiger partial charge in [0.2, 0.25) is 0 Å². The van der Waals surface area contributed by atoms with Crippen LogP contribution in [0.1, 0.15) is 17.3 Å². The first-order valence-electron chi connectivity index (χ1n) is 9.57. The van der Waals surface area contributed by atoms with Gasteiger partial charge in [0.1, 0.15) is 28.2 Å². The van der Waals surface area contributed by atoms with E-state index in [1.165, 1.54) is 17.4 Å². The molecule has 0 radical (unpaired) electrons. The first-order valence-corrected chi connectivity index (χ1v) is 10.5. The van der Waals surface area contributed by atoms with Gasteiger partial charge in [-0.15, -0.1) is 11.3 Å². The van der Waals surface area contributed by atoms with E-state index in [1.54, 1.807) is 23.6 Å². The molecule has 1 amide bonds. The van der Waals surface area contributed by atoms with Crippen LogP contribution in [0.3, 0.4) is 0 Å². The minimum absolute atomic E-state index is 0.0809. The largest absolute Gasteiger partial charge is 0.494 e. The highest BCUT2D eigenvalue weighted by molar-refractivity contribution is 7.14. The zero-order chi connectivity index (χ0) is 21.4. The highest BCUT2D eigenvalue weighted by atomic mass is 32.1. The second-order valence-electron chi connectivity index (χ2n) is 6.72. The molecule has 3 heterocycles. The number of carbonyl (C=O) groups is 1. The Balaban J connectivity index is 1.40. The molecule has 1 N–H and O–H groups in total. The summed E-state index contributed by atoms with van der Waals surface area (Å²) in [4.78, 5) is 29.2. The number of carbonyl (C=O) groups excluding carboxylic acids is 1. The number of nitrogens with one attached hydrogen (secondary N) is 1. The summed E-state index contributed by atoms with van der Waals surface area (Å²) in [6.45, 7) is 2.51. The van der Waals surface area contributed by atoms with Crippen molar-refractivity contribution in [3.05, 3.63) is 76.0 Å².